The Balaban J connectivity index is 1.64. The van der Waals surface area contributed by atoms with E-state index in [4.69, 9.17) is 0 Å². The predicted molar refractivity (Wildman–Crippen MR) is 88.2 cm³/mol. The Hall–Kier alpha value is -3.11. The highest BCUT2D eigenvalue weighted by Gasteiger charge is 2.36. The fraction of sp³-hybridized carbons (Fsp3) is 0.412. The van der Waals surface area contributed by atoms with Crippen molar-refractivity contribution in [2.75, 3.05) is 0 Å². The number of rotatable bonds is 5. The topological polar surface area (TPSA) is 97.5 Å². The Morgan fingerprint density at radius 3 is 2.54 bits per heavy atom. The molecule has 1 amide bonds. The van der Waals surface area contributed by atoms with Gasteiger partial charge in [0.1, 0.15) is 17.6 Å². The van der Waals surface area contributed by atoms with Gasteiger partial charge in [0, 0.05) is 6.42 Å². The zero-order chi connectivity index (χ0) is 20.5. The molecule has 1 aliphatic rings. The number of hydrogen-bond acceptors (Lipinski definition) is 5. The highest BCUT2D eigenvalue weighted by atomic mass is 19.4. The first-order valence-corrected chi connectivity index (χ1v) is 8.39. The molecule has 11 heteroatoms. The summed E-state index contributed by atoms with van der Waals surface area (Å²) in [4.78, 5) is 25.4. The summed E-state index contributed by atoms with van der Waals surface area (Å²) in [5.74, 6) is -0.763. The normalized spacial score (nSPS) is 16.6. The van der Waals surface area contributed by atoms with Crippen LogP contribution < -0.4 is 4.74 Å². The number of aromatic nitrogens is 3. The van der Waals surface area contributed by atoms with Crippen molar-refractivity contribution in [2.24, 2.45) is 0 Å². The van der Waals surface area contributed by atoms with Gasteiger partial charge in [-0.15, -0.1) is 23.4 Å². The number of fused-ring (bicyclic) bond motifs is 1. The number of carbonyl (C=O) groups is 2. The van der Waals surface area contributed by atoms with Gasteiger partial charge in [0.05, 0.1) is 13.1 Å². The summed E-state index contributed by atoms with van der Waals surface area (Å²) in [6, 6.07) is 4.16. The summed E-state index contributed by atoms with van der Waals surface area (Å²) in [5.41, 5.74) is 0.630. The molecule has 0 saturated carbocycles. The second kappa shape index (κ2) is 7.49. The monoisotopic (exact) mass is 398 g/mol. The lowest BCUT2D eigenvalue weighted by atomic mass is 10.1. The number of carboxylic acid groups (broad SMARTS) is 1. The number of halogens is 3. The van der Waals surface area contributed by atoms with Crippen LogP contribution in [-0.2, 0) is 29.1 Å². The zero-order valence-corrected chi connectivity index (χ0v) is 14.8. The van der Waals surface area contributed by atoms with Crippen molar-refractivity contribution >= 4 is 11.9 Å². The van der Waals surface area contributed by atoms with E-state index in [2.05, 4.69) is 14.9 Å². The molecule has 0 saturated heterocycles. The third-order valence-electron chi connectivity index (χ3n) is 4.45. The van der Waals surface area contributed by atoms with Crippen molar-refractivity contribution in [1.82, 2.24) is 19.7 Å². The maximum Gasteiger partial charge on any atom is 0.573 e. The minimum Gasteiger partial charge on any atom is -0.480 e. The third-order valence-corrected chi connectivity index (χ3v) is 4.45. The maximum atomic E-state index is 12.6. The van der Waals surface area contributed by atoms with Crippen LogP contribution in [0, 0.1) is 6.92 Å². The van der Waals surface area contributed by atoms with Gasteiger partial charge in [0.15, 0.2) is 5.82 Å². The Morgan fingerprint density at radius 2 is 1.93 bits per heavy atom. The van der Waals surface area contributed by atoms with Gasteiger partial charge in [0.2, 0.25) is 5.91 Å². The molecule has 8 nitrogen and oxygen atoms in total. The Morgan fingerprint density at radius 1 is 1.25 bits per heavy atom. The lowest BCUT2D eigenvalue weighted by Gasteiger charge is -2.33. The van der Waals surface area contributed by atoms with Crippen molar-refractivity contribution in [3.8, 4) is 5.75 Å². The largest absolute Gasteiger partial charge is 0.573 e. The molecule has 0 spiro atoms. The lowest BCUT2D eigenvalue weighted by Crippen LogP contribution is -2.50. The van der Waals surface area contributed by atoms with Crippen molar-refractivity contribution in [3.63, 3.8) is 0 Å². The Labute approximate surface area is 157 Å². The third kappa shape index (κ3) is 4.41. The van der Waals surface area contributed by atoms with Crippen LogP contribution in [0.5, 0.6) is 5.75 Å². The van der Waals surface area contributed by atoms with Gasteiger partial charge in [-0.25, -0.2) is 4.79 Å². The molecular formula is C17H17F3N4O4. The standard InChI is InChI=1S/C17H17F3N4O4/c1-10-21-22-14-9-24(13(16(26)27)8-23(10)14)15(25)7-4-11-2-5-12(6-3-11)28-17(18,19)20/h2-3,5-6,13H,4,7-9H2,1H3,(H,26,27). The van der Waals surface area contributed by atoms with Gasteiger partial charge in [-0.05, 0) is 31.0 Å². The second-order valence-corrected chi connectivity index (χ2v) is 6.34. The molecule has 0 fully saturated rings. The van der Waals surface area contributed by atoms with Crippen molar-refractivity contribution in [2.45, 2.75) is 45.3 Å². The SMILES string of the molecule is Cc1nnc2n1CC(C(=O)O)N(C(=O)CCc1ccc(OC(F)(F)F)cc1)C2. The van der Waals surface area contributed by atoms with E-state index in [1.54, 1.807) is 11.5 Å². The summed E-state index contributed by atoms with van der Waals surface area (Å²) in [7, 11) is 0. The van der Waals surface area contributed by atoms with Gasteiger partial charge in [-0.1, -0.05) is 12.1 Å². The van der Waals surface area contributed by atoms with Gasteiger partial charge in [-0.2, -0.15) is 0 Å². The molecule has 1 aromatic heterocycles. The highest BCUT2D eigenvalue weighted by Crippen LogP contribution is 2.24. The van der Waals surface area contributed by atoms with Crippen LogP contribution in [0.1, 0.15) is 23.6 Å². The number of carbonyl (C=O) groups excluding carboxylic acids is 1. The highest BCUT2D eigenvalue weighted by molar-refractivity contribution is 5.84. The molecule has 1 atom stereocenters. The zero-order valence-electron chi connectivity index (χ0n) is 14.8. The minimum absolute atomic E-state index is 0.0103. The van der Waals surface area contributed by atoms with Crippen LogP contribution in [0.15, 0.2) is 24.3 Å². The van der Waals surface area contributed by atoms with E-state index in [1.165, 1.54) is 29.2 Å². The van der Waals surface area contributed by atoms with Crippen LogP contribution in [0.2, 0.25) is 0 Å². The van der Waals surface area contributed by atoms with E-state index in [0.29, 0.717) is 17.2 Å². The fourth-order valence-electron chi connectivity index (χ4n) is 3.04. The van der Waals surface area contributed by atoms with E-state index in [-0.39, 0.29) is 37.6 Å². The summed E-state index contributed by atoms with van der Waals surface area (Å²) in [5, 5.41) is 17.3. The average molecular weight is 398 g/mol. The van der Waals surface area contributed by atoms with E-state index >= 15 is 0 Å². The average Bonchev–Trinajstić information content (AvgIpc) is 2.99. The summed E-state index contributed by atoms with van der Waals surface area (Å²) in [6.07, 6.45) is -4.51. The van der Waals surface area contributed by atoms with Crippen LogP contribution >= 0.6 is 0 Å². The molecule has 0 radical (unpaired) electrons. The first-order valence-electron chi connectivity index (χ1n) is 8.39. The lowest BCUT2D eigenvalue weighted by molar-refractivity contribution is -0.274. The smallest absolute Gasteiger partial charge is 0.480 e. The summed E-state index contributed by atoms with van der Waals surface area (Å²) < 4.78 is 42.0. The summed E-state index contributed by atoms with van der Waals surface area (Å²) in [6.45, 7) is 1.81. The number of ether oxygens (including phenoxy) is 1. The quantitative estimate of drug-likeness (QED) is 0.827. The molecule has 2 aromatic rings. The minimum atomic E-state index is -4.77. The van der Waals surface area contributed by atoms with Crippen LogP contribution in [0.4, 0.5) is 13.2 Å². The maximum absolute atomic E-state index is 12.6. The fourth-order valence-corrected chi connectivity index (χ4v) is 3.04. The van der Waals surface area contributed by atoms with Gasteiger partial charge >= 0.3 is 12.3 Å². The number of benzene rings is 1. The van der Waals surface area contributed by atoms with Crippen LogP contribution in [0.3, 0.4) is 0 Å². The number of alkyl halides is 3. The first-order chi connectivity index (χ1) is 13.1. The molecule has 2 heterocycles. The molecule has 150 valence electrons. The number of carboxylic acids is 1. The van der Waals surface area contributed by atoms with Crippen molar-refractivity contribution in [3.05, 3.63) is 41.5 Å². The number of nitrogens with zero attached hydrogens (tertiary/aromatic N) is 4. The molecule has 1 aliphatic heterocycles. The molecule has 28 heavy (non-hydrogen) atoms. The van der Waals surface area contributed by atoms with E-state index in [0.717, 1.165) is 0 Å². The first kappa shape index (κ1) is 19.6. The van der Waals surface area contributed by atoms with Gasteiger partial charge in [-0.3, -0.25) is 4.79 Å². The van der Waals surface area contributed by atoms with E-state index in [1.807, 2.05) is 0 Å². The van der Waals surface area contributed by atoms with Crippen LogP contribution in [-0.4, -0.2) is 49.1 Å². The van der Waals surface area contributed by atoms with E-state index < -0.39 is 18.4 Å². The van der Waals surface area contributed by atoms with Gasteiger partial charge in [0.25, 0.3) is 0 Å². The number of aliphatic carboxylic acids is 1. The number of amides is 1. The molecule has 1 aromatic carbocycles. The molecule has 0 aliphatic carbocycles. The van der Waals surface area contributed by atoms with Crippen molar-refractivity contribution in [1.29, 1.82) is 0 Å². The van der Waals surface area contributed by atoms with Crippen LogP contribution in [0.25, 0.3) is 0 Å². The number of hydrogen-bond donors (Lipinski definition) is 1. The second-order valence-electron chi connectivity index (χ2n) is 6.34. The Bertz CT molecular complexity index is 880. The van der Waals surface area contributed by atoms with Crippen molar-refractivity contribution < 1.29 is 32.6 Å². The van der Waals surface area contributed by atoms with Gasteiger partial charge < -0.3 is 19.3 Å². The molecule has 0 bridgehead atoms. The number of aryl methyl sites for hydroxylation is 2. The molecule has 1 N–H and O–H groups in total. The molecule has 1 unspecified atom stereocenters. The van der Waals surface area contributed by atoms with E-state index in [9.17, 15) is 27.9 Å². The molecule has 3 rings (SSSR count). The molecular weight excluding hydrogens is 381 g/mol. The Kier molecular flexibility index (Phi) is 5.25. The predicted octanol–water partition coefficient (Wildman–Crippen LogP) is 1.91. The summed E-state index contributed by atoms with van der Waals surface area (Å²) >= 11 is 0.